The average molecular weight is 1050 g/mol. The number of aliphatic hydroxyl groups is 1. The van der Waals surface area contributed by atoms with Crippen LogP contribution in [-0.4, -0.2) is 127 Å². The minimum Gasteiger partial charge on any atom is -0.480 e. The van der Waals surface area contributed by atoms with Gasteiger partial charge in [-0.2, -0.15) is 13.2 Å². The van der Waals surface area contributed by atoms with Crippen molar-refractivity contribution in [2.24, 2.45) is 17.1 Å². The van der Waals surface area contributed by atoms with E-state index in [-0.39, 0.29) is 61.4 Å². The van der Waals surface area contributed by atoms with Gasteiger partial charge in [0.15, 0.2) is 0 Å². The maximum atomic E-state index is 15.0. The number of nitrogens with one attached hydrogen (secondary N) is 4. The molecule has 0 aliphatic heterocycles. The van der Waals surface area contributed by atoms with E-state index in [1.54, 1.807) is 24.6 Å². The van der Waals surface area contributed by atoms with Gasteiger partial charge in [-0.1, -0.05) is 80.9 Å². The topological polar surface area (TPSA) is 275 Å². The molecule has 3 rings (SSSR count). The Morgan fingerprint density at radius 2 is 1.49 bits per heavy atom. The van der Waals surface area contributed by atoms with Gasteiger partial charge in [0.05, 0.1) is 23.1 Å². The lowest BCUT2D eigenvalue weighted by atomic mass is 9.84. The number of nitrogens with zero attached hydrogens (tertiary/aromatic N) is 3. The first-order chi connectivity index (χ1) is 32.1. The second-order valence-corrected chi connectivity index (χ2v) is 17.8. The number of amides is 5. The second kappa shape index (κ2) is 27.2. The van der Waals surface area contributed by atoms with E-state index >= 15 is 4.39 Å². The van der Waals surface area contributed by atoms with Crippen LogP contribution in [0.25, 0.3) is 11.3 Å². The van der Waals surface area contributed by atoms with Crippen molar-refractivity contribution in [1.29, 1.82) is 0 Å². The molecule has 382 valence electrons. The number of carbonyl (C=O) groups is 7. The van der Waals surface area contributed by atoms with Crippen LogP contribution in [0.4, 0.5) is 22.0 Å². The monoisotopic (exact) mass is 1050 g/mol. The number of aromatic nitrogens is 2. The number of hydrogen-bond donors (Lipinski definition) is 8. The highest BCUT2D eigenvalue weighted by Gasteiger charge is 2.39. The molecule has 2 aromatic carbocycles. The number of rotatable bonds is 23. The third kappa shape index (κ3) is 19.1. The Labute approximate surface area is 404 Å². The van der Waals surface area contributed by atoms with Crippen LogP contribution in [0.15, 0.2) is 54.7 Å². The predicted octanol–water partition coefficient (Wildman–Crippen LogP) is 4.03. The van der Waals surface area contributed by atoms with Crippen LogP contribution < -0.4 is 27.0 Å². The summed E-state index contributed by atoms with van der Waals surface area (Å²) in [5, 5.41) is 37.2. The lowest BCUT2D eigenvalue weighted by molar-refractivity contribution is -0.192. The number of aliphatic carboxylic acids is 2. The third-order valence-electron chi connectivity index (χ3n) is 10.3. The first-order valence-electron chi connectivity index (χ1n) is 21.6. The molecular formula is C45H60BrF5N8O10. The molecule has 0 radical (unpaired) electrons. The molecule has 9 N–H and O–H groups in total. The quantitative estimate of drug-likeness (QED) is 0.0380. The van der Waals surface area contributed by atoms with Gasteiger partial charge in [0.1, 0.15) is 42.2 Å². The van der Waals surface area contributed by atoms with E-state index in [2.05, 4.69) is 37.2 Å². The van der Waals surface area contributed by atoms with Crippen LogP contribution in [0.5, 0.6) is 0 Å². The van der Waals surface area contributed by atoms with Crippen molar-refractivity contribution in [3.05, 3.63) is 77.8 Å². The van der Waals surface area contributed by atoms with E-state index in [0.717, 1.165) is 23.8 Å². The Morgan fingerprint density at radius 1 is 0.870 bits per heavy atom. The molecule has 0 saturated heterocycles. The minimum atomic E-state index is -5.08. The predicted molar refractivity (Wildman–Crippen MR) is 245 cm³/mol. The van der Waals surface area contributed by atoms with Crippen molar-refractivity contribution in [1.82, 2.24) is 35.7 Å². The number of carboxylic acids is 2. The standard InChI is InChI=1S/C43H59BrF2N8O8.C2HF3O2/c1-25(2)36(52-34(56)21-44)41(60)49-26(3)39(58)51-32(42(61)62)14-10-11-18-48-40(59)31(47)17-19-54(35(57)24-55)37(43(4,5)6)38-50-33(29-20-28(45)15-16-30(29)46)23-53(38)22-27-12-8-7-9-13-27;3-2(4,5)1(6)7/h7-9,12-13,15-16,20,23,25-26,31-32,36-37,55H,10-11,14,17-19,21-22,24,47H2,1-6H3,(H,48,59)(H,49,60)(H,51,58)(H,52,56)(H,61,62);(H,6,7)/t26-,31-,32-,36-,37-;/m0./s1. The molecule has 24 heteroatoms. The highest BCUT2D eigenvalue weighted by Crippen LogP contribution is 2.39. The van der Waals surface area contributed by atoms with Gasteiger partial charge in [-0.25, -0.2) is 23.4 Å². The molecule has 0 aliphatic rings. The lowest BCUT2D eigenvalue weighted by Gasteiger charge is -2.40. The van der Waals surface area contributed by atoms with Gasteiger partial charge in [0.2, 0.25) is 29.5 Å². The summed E-state index contributed by atoms with van der Waals surface area (Å²) in [6.45, 7) is 9.88. The van der Waals surface area contributed by atoms with E-state index < -0.39 is 102 Å². The van der Waals surface area contributed by atoms with Gasteiger partial charge in [0.25, 0.3) is 0 Å². The molecule has 69 heavy (non-hydrogen) atoms. The lowest BCUT2D eigenvalue weighted by Crippen LogP contribution is -2.56. The van der Waals surface area contributed by atoms with Crippen LogP contribution in [-0.2, 0) is 40.1 Å². The van der Waals surface area contributed by atoms with Crippen LogP contribution >= 0.6 is 15.9 Å². The molecule has 0 bridgehead atoms. The van der Waals surface area contributed by atoms with Crippen LogP contribution in [0.1, 0.15) is 84.7 Å². The number of imidazole rings is 1. The van der Waals surface area contributed by atoms with E-state index in [0.29, 0.717) is 12.2 Å². The van der Waals surface area contributed by atoms with Gasteiger partial charge in [-0.15, -0.1) is 0 Å². The third-order valence-corrected chi connectivity index (χ3v) is 10.8. The molecule has 0 saturated carbocycles. The Morgan fingerprint density at radius 3 is 2.03 bits per heavy atom. The first-order valence-corrected chi connectivity index (χ1v) is 22.7. The van der Waals surface area contributed by atoms with Crippen molar-refractivity contribution in [2.45, 2.75) is 110 Å². The van der Waals surface area contributed by atoms with E-state index in [4.69, 9.17) is 20.6 Å². The minimum absolute atomic E-state index is 0.0135. The van der Waals surface area contributed by atoms with Crippen LogP contribution in [0, 0.1) is 23.0 Å². The van der Waals surface area contributed by atoms with Crippen LogP contribution in [0.2, 0.25) is 0 Å². The summed E-state index contributed by atoms with van der Waals surface area (Å²) in [6.07, 6.45) is -2.90. The molecule has 0 unspecified atom stereocenters. The molecule has 18 nitrogen and oxygen atoms in total. The summed E-state index contributed by atoms with van der Waals surface area (Å²) >= 11 is 3.03. The maximum absolute atomic E-state index is 15.0. The fraction of sp³-hybridized carbons (Fsp3) is 0.511. The summed E-state index contributed by atoms with van der Waals surface area (Å²) in [4.78, 5) is 91.0. The highest BCUT2D eigenvalue weighted by molar-refractivity contribution is 9.09. The molecule has 0 aliphatic carbocycles. The summed E-state index contributed by atoms with van der Waals surface area (Å²) < 4.78 is 62.8. The molecule has 1 aromatic heterocycles. The van der Waals surface area contributed by atoms with Gasteiger partial charge in [0, 0.05) is 31.4 Å². The molecule has 0 fully saturated rings. The number of benzene rings is 2. The normalized spacial score (nSPS) is 13.7. The zero-order valence-electron chi connectivity index (χ0n) is 38.9. The summed E-state index contributed by atoms with van der Waals surface area (Å²) in [7, 11) is 0. The number of hydrogen-bond acceptors (Lipinski definition) is 10. The number of unbranched alkanes of at least 4 members (excludes halogenated alkanes) is 1. The maximum Gasteiger partial charge on any atom is 0.490 e. The fourth-order valence-electron chi connectivity index (χ4n) is 6.76. The number of nitrogens with two attached hydrogens (primary N) is 1. The Hall–Kier alpha value is -6.01. The highest BCUT2D eigenvalue weighted by atomic mass is 79.9. The summed E-state index contributed by atoms with van der Waals surface area (Å²) in [6, 6.07) is 7.17. The second-order valence-electron chi connectivity index (χ2n) is 17.3. The summed E-state index contributed by atoms with van der Waals surface area (Å²) in [5.74, 6) is -8.29. The fourth-order valence-corrected chi connectivity index (χ4v) is 6.92. The Bertz CT molecular complexity index is 2230. The van der Waals surface area contributed by atoms with E-state index in [1.165, 1.54) is 11.8 Å². The summed E-state index contributed by atoms with van der Waals surface area (Å²) in [5.41, 5.74) is 6.50. The number of carboxylic acid groups (broad SMARTS) is 2. The SMILES string of the molecule is CC(C)[C@H](NC(=O)CBr)C(=O)N[C@@H](C)C(=O)N[C@@H](CCCCNC(=O)[C@@H](N)CCN(C(=O)CO)[C@@H](c1nc(-c2cc(F)ccc2F)cn1Cc1ccccc1)C(C)(C)C)C(=O)O.O=C(O)C(F)(F)F. The average Bonchev–Trinajstić information content (AvgIpc) is 3.67. The molecule has 5 amide bonds. The number of halogens is 6. The van der Waals surface area contributed by atoms with Crippen molar-refractivity contribution < 1.29 is 70.8 Å². The number of alkyl halides is 4. The van der Waals surface area contributed by atoms with Crippen molar-refractivity contribution in [2.75, 3.05) is 25.0 Å². The zero-order chi connectivity index (χ0) is 52.4. The van der Waals surface area contributed by atoms with Crippen molar-refractivity contribution >= 4 is 57.4 Å². The van der Waals surface area contributed by atoms with Crippen LogP contribution in [0.3, 0.4) is 0 Å². The number of carbonyl (C=O) groups excluding carboxylic acids is 5. The Balaban J connectivity index is 0.00000216. The van der Waals surface area contributed by atoms with Gasteiger partial charge in [-0.05, 0) is 67.7 Å². The zero-order valence-corrected chi connectivity index (χ0v) is 40.5. The smallest absolute Gasteiger partial charge is 0.480 e. The van der Waals surface area contributed by atoms with Gasteiger partial charge >= 0.3 is 18.1 Å². The molecule has 5 atom stereocenters. The number of aliphatic hydroxyl groups excluding tert-OH is 1. The van der Waals surface area contributed by atoms with Gasteiger partial charge in [-0.3, -0.25) is 24.0 Å². The van der Waals surface area contributed by atoms with Crippen molar-refractivity contribution in [3.63, 3.8) is 0 Å². The largest absolute Gasteiger partial charge is 0.490 e. The van der Waals surface area contributed by atoms with Crippen molar-refractivity contribution in [3.8, 4) is 11.3 Å². The Kier molecular flexibility index (Phi) is 23.3. The molecule has 1 heterocycles. The van der Waals surface area contributed by atoms with E-state index in [9.17, 15) is 56.5 Å². The molecule has 0 spiro atoms. The van der Waals surface area contributed by atoms with Gasteiger partial charge < -0.3 is 51.8 Å². The van der Waals surface area contributed by atoms with E-state index in [1.807, 2.05) is 51.1 Å². The first kappa shape index (κ1) is 59.1. The molecule has 3 aromatic rings. The molecular weight excluding hydrogens is 987 g/mol.